The Kier molecular flexibility index (Phi) is 5.52. The molecule has 0 aromatic carbocycles. The number of imide groups is 1. The van der Waals surface area contributed by atoms with Crippen LogP contribution >= 0.6 is 11.8 Å². The van der Waals surface area contributed by atoms with E-state index in [0.29, 0.717) is 5.84 Å². The number of aliphatic imine (C=N–C) groups is 1. The number of amidine groups is 1. The summed E-state index contributed by atoms with van der Waals surface area (Å²) in [7, 11) is 3.18. The zero-order valence-corrected chi connectivity index (χ0v) is 14.4. The predicted molar refractivity (Wildman–Crippen MR) is 89.7 cm³/mol. The van der Waals surface area contributed by atoms with Gasteiger partial charge in [0.25, 0.3) is 5.84 Å². The van der Waals surface area contributed by atoms with Crippen LogP contribution in [0, 0.1) is 5.92 Å². The van der Waals surface area contributed by atoms with E-state index in [-0.39, 0.29) is 11.9 Å². The van der Waals surface area contributed by atoms with Gasteiger partial charge in [0.05, 0.1) is 14.1 Å². The molecular weight excluding hydrogens is 300 g/mol. The highest BCUT2D eigenvalue weighted by molar-refractivity contribution is 8.03. The molecule has 1 atom stereocenters. The smallest absolute Gasteiger partial charge is 0.303 e. The zero-order valence-electron chi connectivity index (χ0n) is 13.6. The zero-order chi connectivity index (χ0) is 16.3. The van der Waals surface area contributed by atoms with E-state index in [1.807, 2.05) is 6.08 Å². The SMILES string of the molecule is CCN(CC)CCSC1=CC=NC2=[N+](C)C(=O)N(C)C(=O)C12. The third kappa shape index (κ3) is 3.15. The van der Waals surface area contributed by atoms with Gasteiger partial charge in [-0.1, -0.05) is 13.8 Å². The molecule has 120 valence electrons. The van der Waals surface area contributed by atoms with Crippen LogP contribution in [0.5, 0.6) is 0 Å². The molecule has 0 N–H and O–H groups in total. The van der Waals surface area contributed by atoms with Gasteiger partial charge in [-0.15, -0.1) is 16.8 Å². The van der Waals surface area contributed by atoms with Crippen LogP contribution in [-0.2, 0) is 4.79 Å². The van der Waals surface area contributed by atoms with Crippen LogP contribution in [0.4, 0.5) is 4.79 Å². The normalized spacial score (nSPS) is 21.6. The molecule has 0 bridgehead atoms. The molecule has 3 amide bonds. The third-order valence-electron chi connectivity index (χ3n) is 4.05. The molecule has 0 fully saturated rings. The minimum atomic E-state index is -0.445. The Morgan fingerprint density at radius 2 is 2.05 bits per heavy atom. The molecule has 0 radical (unpaired) electrons. The summed E-state index contributed by atoms with van der Waals surface area (Å²) in [5.41, 5.74) is 0. The molecule has 2 heterocycles. The third-order valence-corrected chi connectivity index (χ3v) is 5.15. The van der Waals surface area contributed by atoms with Crippen molar-refractivity contribution in [2.45, 2.75) is 13.8 Å². The van der Waals surface area contributed by atoms with Crippen LogP contribution in [0.15, 0.2) is 16.0 Å². The largest absolute Gasteiger partial charge is 0.445 e. The Hall–Kier alpha value is -1.47. The Morgan fingerprint density at radius 1 is 1.36 bits per heavy atom. The quantitative estimate of drug-likeness (QED) is 0.691. The maximum Gasteiger partial charge on any atom is 0.445 e. The molecule has 0 spiro atoms. The molecule has 0 aromatic rings. The summed E-state index contributed by atoms with van der Waals surface area (Å²) in [4.78, 5) is 33.2. The molecule has 0 saturated heterocycles. The number of urea groups is 1. The van der Waals surface area contributed by atoms with Crippen LogP contribution < -0.4 is 0 Å². The number of carbonyl (C=O) groups excluding carboxylic acids is 2. The number of nitrogens with zero attached hydrogens (tertiary/aromatic N) is 4. The molecule has 22 heavy (non-hydrogen) atoms. The Labute approximate surface area is 135 Å². The minimum Gasteiger partial charge on any atom is -0.303 e. The molecule has 2 aliphatic rings. The van der Waals surface area contributed by atoms with E-state index < -0.39 is 5.92 Å². The second-order valence-electron chi connectivity index (χ2n) is 5.25. The van der Waals surface area contributed by atoms with Crippen molar-refractivity contribution in [2.24, 2.45) is 10.9 Å². The Bertz CT molecular complexity index is 564. The maximum atomic E-state index is 12.5. The minimum absolute atomic E-state index is 0.198. The van der Waals surface area contributed by atoms with Gasteiger partial charge in [-0.05, 0) is 19.2 Å². The summed E-state index contributed by atoms with van der Waals surface area (Å²) in [6, 6.07) is -0.331. The maximum absolute atomic E-state index is 12.5. The monoisotopic (exact) mass is 323 g/mol. The van der Waals surface area contributed by atoms with Gasteiger partial charge in [0.2, 0.25) is 0 Å². The highest BCUT2D eigenvalue weighted by atomic mass is 32.2. The highest BCUT2D eigenvalue weighted by Crippen LogP contribution is 2.31. The molecule has 6 nitrogen and oxygen atoms in total. The van der Waals surface area contributed by atoms with Crippen molar-refractivity contribution in [3.63, 3.8) is 0 Å². The average Bonchev–Trinajstić information content (AvgIpc) is 2.54. The van der Waals surface area contributed by atoms with Gasteiger partial charge in [0.15, 0.2) is 5.92 Å². The van der Waals surface area contributed by atoms with Crippen molar-refractivity contribution in [3.8, 4) is 0 Å². The fourth-order valence-electron chi connectivity index (χ4n) is 2.57. The topological polar surface area (TPSA) is 56.0 Å². The van der Waals surface area contributed by atoms with Gasteiger partial charge in [0, 0.05) is 17.2 Å². The van der Waals surface area contributed by atoms with Crippen molar-refractivity contribution in [1.29, 1.82) is 0 Å². The van der Waals surface area contributed by atoms with E-state index in [1.165, 1.54) is 16.5 Å². The molecule has 7 heteroatoms. The lowest BCUT2D eigenvalue weighted by atomic mass is 10.0. The Morgan fingerprint density at radius 3 is 2.68 bits per heavy atom. The van der Waals surface area contributed by atoms with E-state index in [0.717, 1.165) is 30.3 Å². The first-order valence-corrected chi connectivity index (χ1v) is 8.51. The van der Waals surface area contributed by atoms with Crippen molar-refractivity contribution in [1.82, 2.24) is 9.80 Å². The standard InChI is InChI=1S/C15H23N4O2S/c1-5-19(6-2)9-10-22-11-7-8-16-13-12(11)14(20)18(4)15(21)17(13)3/h7-8,12H,5-6,9-10H2,1-4H3/q+1. The van der Waals surface area contributed by atoms with E-state index in [1.54, 1.807) is 25.0 Å². The fraction of sp³-hybridized carbons (Fsp3) is 0.600. The van der Waals surface area contributed by atoms with Gasteiger partial charge < -0.3 is 4.90 Å². The summed E-state index contributed by atoms with van der Waals surface area (Å²) >= 11 is 1.67. The summed E-state index contributed by atoms with van der Waals surface area (Å²) < 4.78 is 1.46. The van der Waals surface area contributed by atoms with Gasteiger partial charge in [0.1, 0.15) is 6.21 Å². The molecular formula is C15H23N4O2S+. The van der Waals surface area contributed by atoms with E-state index in [9.17, 15) is 9.59 Å². The van der Waals surface area contributed by atoms with Crippen LogP contribution in [0.2, 0.25) is 0 Å². The number of hydrogen-bond donors (Lipinski definition) is 0. The summed E-state index contributed by atoms with van der Waals surface area (Å²) in [6.45, 7) is 7.32. The van der Waals surface area contributed by atoms with Crippen LogP contribution in [-0.4, -0.2) is 77.8 Å². The first-order valence-electron chi connectivity index (χ1n) is 7.52. The first kappa shape index (κ1) is 16.9. The number of rotatable bonds is 6. The molecule has 0 aromatic heterocycles. The summed E-state index contributed by atoms with van der Waals surface area (Å²) in [6.07, 6.45) is 3.56. The summed E-state index contributed by atoms with van der Waals surface area (Å²) in [5.74, 6) is 0.802. The van der Waals surface area contributed by atoms with Gasteiger partial charge >= 0.3 is 11.9 Å². The van der Waals surface area contributed by atoms with Crippen molar-refractivity contribution < 1.29 is 14.2 Å². The van der Waals surface area contributed by atoms with Crippen LogP contribution in [0.3, 0.4) is 0 Å². The number of hydrogen-bond acceptors (Lipinski definition) is 5. The van der Waals surface area contributed by atoms with E-state index >= 15 is 0 Å². The number of fused-ring (bicyclic) bond motifs is 1. The lowest BCUT2D eigenvalue weighted by Crippen LogP contribution is -2.52. The second kappa shape index (κ2) is 7.19. The predicted octanol–water partition coefficient (Wildman–Crippen LogP) is 1.28. The van der Waals surface area contributed by atoms with E-state index in [4.69, 9.17) is 0 Å². The van der Waals surface area contributed by atoms with Gasteiger partial charge in [-0.25, -0.2) is 4.79 Å². The van der Waals surface area contributed by atoms with Crippen molar-refractivity contribution >= 4 is 35.8 Å². The molecule has 2 rings (SSSR count). The number of amides is 3. The first-order chi connectivity index (χ1) is 10.5. The molecule has 0 saturated carbocycles. The number of carbonyl (C=O) groups is 2. The highest BCUT2D eigenvalue weighted by Gasteiger charge is 2.46. The summed E-state index contributed by atoms with van der Waals surface area (Å²) in [5, 5.41) is 0. The van der Waals surface area contributed by atoms with Gasteiger partial charge in [-0.2, -0.15) is 9.48 Å². The van der Waals surface area contributed by atoms with Crippen molar-refractivity contribution in [3.05, 3.63) is 11.0 Å². The van der Waals surface area contributed by atoms with Gasteiger partial charge in [-0.3, -0.25) is 4.79 Å². The Balaban J connectivity index is 2.13. The average molecular weight is 323 g/mol. The number of thioether (sulfide) groups is 1. The van der Waals surface area contributed by atoms with Crippen LogP contribution in [0.25, 0.3) is 0 Å². The number of dihydropyridines is 1. The second-order valence-corrected chi connectivity index (χ2v) is 6.42. The lowest BCUT2D eigenvalue weighted by molar-refractivity contribution is -0.407. The fourth-order valence-corrected chi connectivity index (χ4v) is 3.69. The molecule has 0 aliphatic carbocycles. The van der Waals surface area contributed by atoms with Crippen LogP contribution in [0.1, 0.15) is 13.8 Å². The molecule has 1 unspecified atom stereocenters. The van der Waals surface area contributed by atoms with E-state index in [2.05, 4.69) is 23.7 Å². The van der Waals surface area contributed by atoms with Crippen molar-refractivity contribution in [2.75, 3.05) is 39.5 Å². The lowest BCUT2D eigenvalue weighted by Gasteiger charge is -2.26. The molecule has 2 aliphatic heterocycles. The number of allylic oxidation sites excluding steroid dienone is 1.